The van der Waals surface area contributed by atoms with Gasteiger partial charge in [0.25, 0.3) is 5.91 Å². The monoisotopic (exact) mass is 223 g/mol. The maximum atomic E-state index is 11.6. The van der Waals surface area contributed by atoms with Gasteiger partial charge in [0.2, 0.25) is 0 Å². The van der Waals surface area contributed by atoms with Crippen LogP contribution in [0, 0.1) is 0 Å². The summed E-state index contributed by atoms with van der Waals surface area (Å²) in [5, 5.41) is 9.05. The van der Waals surface area contributed by atoms with Crippen molar-refractivity contribution in [2.24, 2.45) is 0 Å². The predicted octanol–water partition coefficient (Wildman–Crippen LogP) is 0.508. The van der Waals surface area contributed by atoms with E-state index in [9.17, 15) is 4.79 Å². The van der Waals surface area contributed by atoms with Gasteiger partial charge in [0.15, 0.2) is 6.61 Å². The summed E-state index contributed by atoms with van der Waals surface area (Å²) in [7, 11) is 1.53. The second-order valence-corrected chi connectivity index (χ2v) is 3.49. The second kappa shape index (κ2) is 4.51. The van der Waals surface area contributed by atoms with E-state index < -0.39 is 0 Å². The first-order valence-electron chi connectivity index (χ1n) is 4.92. The van der Waals surface area contributed by atoms with Crippen LogP contribution in [-0.2, 0) is 16.1 Å². The number of amides is 1. The van der Waals surface area contributed by atoms with Crippen molar-refractivity contribution in [3.63, 3.8) is 0 Å². The maximum absolute atomic E-state index is 11.6. The lowest BCUT2D eigenvalue weighted by Crippen LogP contribution is -2.40. The number of nitrogens with zero attached hydrogens (tertiary/aromatic N) is 1. The summed E-state index contributed by atoms with van der Waals surface area (Å²) in [5.74, 6) is 0.485. The van der Waals surface area contributed by atoms with E-state index in [2.05, 4.69) is 0 Å². The number of aliphatic hydroxyl groups is 1. The SMILES string of the molecule is COCN1C(=O)COc2ccc(CO)cc21. The Morgan fingerprint density at radius 1 is 1.56 bits per heavy atom. The smallest absolute Gasteiger partial charge is 0.266 e. The standard InChI is InChI=1S/C11H13NO4/c1-15-7-12-9-4-8(5-13)2-3-10(9)16-6-11(12)14/h2-4,13H,5-7H2,1H3. The Morgan fingerprint density at radius 2 is 2.38 bits per heavy atom. The summed E-state index contributed by atoms with van der Waals surface area (Å²) < 4.78 is 10.3. The molecule has 1 N–H and O–H groups in total. The molecule has 1 aromatic rings. The minimum Gasteiger partial charge on any atom is -0.482 e. The third-order valence-electron chi connectivity index (χ3n) is 2.41. The fourth-order valence-electron chi connectivity index (χ4n) is 1.62. The normalized spacial score (nSPS) is 14.6. The molecule has 0 radical (unpaired) electrons. The minimum atomic E-state index is -0.149. The van der Waals surface area contributed by atoms with Gasteiger partial charge in [-0.05, 0) is 17.7 Å². The third-order valence-corrected chi connectivity index (χ3v) is 2.41. The Balaban J connectivity index is 2.39. The quantitative estimate of drug-likeness (QED) is 0.811. The fraction of sp³-hybridized carbons (Fsp3) is 0.364. The molecule has 1 aromatic carbocycles. The predicted molar refractivity (Wildman–Crippen MR) is 57.2 cm³/mol. The van der Waals surface area contributed by atoms with E-state index in [4.69, 9.17) is 14.6 Å². The van der Waals surface area contributed by atoms with Crippen LogP contribution in [-0.4, -0.2) is 31.5 Å². The number of carbonyl (C=O) groups excluding carboxylic acids is 1. The molecule has 1 aliphatic heterocycles. The lowest BCUT2D eigenvalue weighted by atomic mass is 10.1. The van der Waals surface area contributed by atoms with Crippen LogP contribution >= 0.6 is 0 Å². The third kappa shape index (κ3) is 1.87. The van der Waals surface area contributed by atoms with Gasteiger partial charge in [-0.3, -0.25) is 9.69 Å². The highest BCUT2D eigenvalue weighted by molar-refractivity contribution is 5.97. The van der Waals surface area contributed by atoms with E-state index in [0.29, 0.717) is 11.4 Å². The molecule has 0 saturated carbocycles. The Bertz CT molecular complexity index is 405. The zero-order valence-corrected chi connectivity index (χ0v) is 8.97. The second-order valence-electron chi connectivity index (χ2n) is 3.49. The number of fused-ring (bicyclic) bond motifs is 1. The minimum absolute atomic E-state index is 0.0227. The average Bonchev–Trinajstić information content (AvgIpc) is 2.32. The van der Waals surface area contributed by atoms with Crippen molar-refractivity contribution < 1.29 is 19.4 Å². The van der Waals surface area contributed by atoms with Crippen molar-refractivity contribution in [1.82, 2.24) is 0 Å². The Hall–Kier alpha value is -1.59. The highest BCUT2D eigenvalue weighted by Crippen LogP contribution is 2.32. The van der Waals surface area contributed by atoms with Crippen LogP contribution in [0.4, 0.5) is 5.69 Å². The molecule has 5 heteroatoms. The Kier molecular flexibility index (Phi) is 3.07. The number of ether oxygens (including phenoxy) is 2. The molecule has 2 rings (SSSR count). The molecule has 0 bridgehead atoms. The first-order chi connectivity index (χ1) is 7.76. The summed E-state index contributed by atoms with van der Waals surface area (Å²) in [6.45, 7) is 0.140. The van der Waals surface area contributed by atoms with Crippen molar-refractivity contribution >= 4 is 11.6 Å². The van der Waals surface area contributed by atoms with Crippen LogP contribution in [0.3, 0.4) is 0 Å². The van der Waals surface area contributed by atoms with Gasteiger partial charge in [-0.1, -0.05) is 6.07 Å². The molecule has 0 saturated heterocycles. The fourth-order valence-corrected chi connectivity index (χ4v) is 1.62. The molecule has 1 amide bonds. The number of aliphatic hydroxyl groups excluding tert-OH is 1. The lowest BCUT2D eigenvalue weighted by molar-refractivity contribution is -0.122. The molecule has 86 valence electrons. The Labute approximate surface area is 93.2 Å². The highest BCUT2D eigenvalue weighted by atomic mass is 16.5. The first-order valence-corrected chi connectivity index (χ1v) is 4.92. The summed E-state index contributed by atoms with van der Waals surface area (Å²) in [5.41, 5.74) is 1.38. The summed E-state index contributed by atoms with van der Waals surface area (Å²) in [4.78, 5) is 13.1. The molecule has 1 aliphatic rings. The highest BCUT2D eigenvalue weighted by Gasteiger charge is 2.25. The number of hydrogen-bond acceptors (Lipinski definition) is 4. The molecule has 0 fully saturated rings. The van der Waals surface area contributed by atoms with Crippen LogP contribution in [0.1, 0.15) is 5.56 Å². The van der Waals surface area contributed by atoms with Gasteiger partial charge in [0, 0.05) is 7.11 Å². The van der Waals surface area contributed by atoms with Crippen molar-refractivity contribution in [2.75, 3.05) is 25.3 Å². The molecule has 0 spiro atoms. The number of hydrogen-bond donors (Lipinski definition) is 1. The van der Waals surface area contributed by atoms with Crippen LogP contribution < -0.4 is 9.64 Å². The average molecular weight is 223 g/mol. The van der Waals surface area contributed by atoms with E-state index in [1.807, 2.05) is 0 Å². The van der Waals surface area contributed by atoms with Gasteiger partial charge in [-0.15, -0.1) is 0 Å². The zero-order valence-electron chi connectivity index (χ0n) is 8.97. The van der Waals surface area contributed by atoms with Crippen LogP contribution in [0.15, 0.2) is 18.2 Å². The topological polar surface area (TPSA) is 59.0 Å². The largest absolute Gasteiger partial charge is 0.482 e. The Morgan fingerprint density at radius 3 is 3.06 bits per heavy atom. The van der Waals surface area contributed by atoms with Gasteiger partial charge in [0.05, 0.1) is 12.3 Å². The van der Waals surface area contributed by atoms with Gasteiger partial charge < -0.3 is 14.6 Å². The number of methoxy groups -OCH3 is 1. The maximum Gasteiger partial charge on any atom is 0.266 e. The zero-order chi connectivity index (χ0) is 11.5. The van der Waals surface area contributed by atoms with Crippen molar-refractivity contribution in [3.8, 4) is 5.75 Å². The summed E-state index contributed by atoms with van der Waals surface area (Å²) >= 11 is 0. The van der Waals surface area contributed by atoms with E-state index in [1.54, 1.807) is 18.2 Å². The van der Waals surface area contributed by atoms with Crippen LogP contribution in [0.25, 0.3) is 0 Å². The number of rotatable bonds is 3. The molecule has 0 unspecified atom stereocenters. The lowest BCUT2D eigenvalue weighted by Gasteiger charge is -2.28. The number of anilines is 1. The molecular formula is C11H13NO4. The van der Waals surface area contributed by atoms with E-state index in [1.165, 1.54) is 12.0 Å². The molecule has 0 atom stereocenters. The first kappa shape index (κ1) is 10.9. The molecule has 0 aliphatic carbocycles. The van der Waals surface area contributed by atoms with Gasteiger partial charge in [-0.2, -0.15) is 0 Å². The van der Waals surface area contributed by atoms with Crippen molar-refractivity contribution in [2.45, 2.75) is 6.61 Å². The van der Waals surface area contributed by atoms with Crippen LogP contribution in [0.5, 0.6) is 5.75 Å². The van der Waals surface area contributed by atoms with Crippen molar-refractivity contribution in [1.29, 1.82) is 0 Å². The van der Waals surface area contributed by atoms with Crippen molar-refractivity contribution in [3.05, 3.63) is 23.8 Å². The summed E-state index contributed by atoms with van der Waals surface area (Å²) in [6, 6.07) is 5.24. The molecular weight excluding hydrogens is 210 g/mol. The number of carbonyl (C=O) groups is 1. The molecule has 1 heterocycles. The molecule has 0 aromatic heterocycles. The van der Waals surface area contributed by atoms with E-state index >= 15 is 0 Å². The number of benzene rings is 1. The van der Waals surface area contributed by atoms with E-state index in [-0.39, 0.29) is 25.9 Å². The summed E-state index contributed by atoms with van der Waals surface area (Å²) in [6.07, 6.45) is 0. The van der Waals surface area contributed by atoms with Gasteiger partial charge in [-0.25, -0.2) is 0 Å². The van der Waals surface area contributed by atoms with Gasteiger partial charge >= 0.3 is 0 Å². The van der Waals surface area contributed by atoms with Gasteiger partial charge in [0.1, 0.15) is 12.5 Å². The molecule has 5 nitrogen and oxygen atoms in total. The van der Waals surface area contributed by atoms with Crippen LogP contribution in [0.2, 0.25) is 0 Å². The molecule has 16 heavy (non-hydrogen) atoms. The van der Waals surface area contributed by atoms with E-state index in [0.717, 1.165) is 5.56 Å².